The monoisotopic (exact) mass is 449 g/mol. The van der Waals surface area contributed by atoms with Gasteiger partial charge in [0.05, 0.1) is 18.2 Å². The molecule has 0 fully saturated rings. The van der Waals surface area contributed by atoms with E-state index in [1.807, 2.05) is 24.3 Å². The zero-order valence-corrected chi connectivity index (χ0v) is 19.0. The Kier molecular flexibility index (Phi) is 7.01. The molecule has 7 nitrogen and oxygen atoms in total. The third-order valence-electron chi connectivity index (χ3n) is 5.27. The Bertz CT molecular complexity index is 1180. The molecular weight excluding hydrogens is 422 g/mol. The van der Waals surface area contributed by atoms with Gasteiger partial charge in [-0.25, -0.2) is 9.59 Å². The molecular formula is C26H27NO6. The second-order valence-corrected chi connectivity index (χ2v) is 8.75. The molecule has 0 spiro atoms. The van der Waals surface area contributed by atoms with Crippen molar-refractivity contribution in [2.45, 2.75) is 33.4 Å². The Labute approximate surface area is 192 Å². The molecule has 2 N–H and O–H groups in total. The van der Waals surface area contributed by atoms with Crippen LogP contribution in [0, 0.1) is 5.41 Å². The van der Waals surface area contributed by atoms with E-state index in [0.29, 0.717) is 11.3 Å². The van der Waals surface area contributed by atoms with Crippen molar-refractivity contribution in [3.05, 3.63) is 77.4 Å². The molecule has 1 amide bonds. The number of carbonyl (C=O) groups excluding carboxylic acids is 2. The molecule has 0 bridgehead atoms. The van der Waals surface area contributed by atoms with E-state index in [-0.39, 0.29) is 12.2 Å². The van der Waals surface area contributed by atoms with Crippen LogP contribution >= 0.6 is 0 Å². The zero-order chi connectivity index (χ0) is 24.2. The van der Waals surface area contributed by atoms with Gasteiger partial charge in [-0.05, 0) is 34.6 Å². The summed E-state index contributed by atoms with van der Waals surface area (Å²) in [6.07, 6.45) is 0. The largest absolute Gasteiger partial charge is 0.487 e. The number of ether oxygens (including phenoxy) is 2. The van der Waals surface area contributed by atoms with E-state index < -0.39 is 29.3 Å². The molecule has 0 saturated carbocycles. The average Bonchev–Trinajstić information content (AvgIpc) is 2.79. The van der Waals surface area contributed by atoms with Crippen LogP contribution in [0.5, 0.6) is 5.75 Å². The van der Waals surface area contributed by atoms with Crippen molar-refractivity contribution >= 4 is 28.6 Å². The second kappa shape index (κ2) is 9.73. The van der Waals surface area contributed by atoms with Crippen LogP contribution in [0.15, 0.2) is 60.7 Å². The lowest BCUT2D eigenvalue weighted by Gasteiger charge is -2.28. The van der Waals surface area contributed by atoms with Gasteiger partial charge in [-0.3, -0.25) is 4.79 Å². The molecule has 0 aliphatic carbocycles. The van der Waals surface area contributed by atoms with Gasteiger partial charge in [-0.1, -0.05) is 63.2 Å². The molecule has 3 aromatic rings. The predicted octanol–water partition coefficient (Wildman–Crippen LogP) is 4.43. The Morgan fingerprint density at radius 2 is 1.64 bits per heavy atom. The first-order valence-corrected chi connectivity index (χ1v) is 10.5. The molecule has 0 radical (unpaired) electrons. The minimum absolute atomic E-state index is 0.150. The molecule has 1 atom stereocenters. The fourth-order valence-corrected chi connectivity index (χ4v) is 3.45. The lowest BCUT2D eigenvalue weighted by Crippen LogP contribution is -2.49. The Hall–Kier alpha value is -3.87. The number of hydrogen-bond acceptors (Lipinski definition) is 5. The summed E-state index contributed by atoms with van der Waals surface area (Å²) in [6.45, 7) is 5.41. The van der Waals surface area contributed by atoms with Gasteiger partial charge in [-0.15, -0.1) is 0 Å². The molecule has 172 valence electrons. The van der Waals surface area contributed by atoms with E-state index in [0.717, 1.165) is 16.3 Å². The van der Waals surface area contributed by atoms with Crippen LogP contribution in [0.4, 0.5) is 0 Å². The first-order chi connectivity index (χ1) is 15.6. The van der Waals surface area contributed by atoms with Crippen molar-refractivity contribution in [1.82, 2.24) is 5.32 Å². The topological polar surface area (TPSA) is 102 Å². The Morgan fingerprint density at radius 1 is 0.970 bits per heavy atom. The molecule has 0 unspecified atom stereocenters. The molecule has 0 heterocycles. The van der Waals surface area contributed by atoms with Crippen LogP contribution in [0.25, 0.3) is 10.8 Å². The van der Waals surface area contributed by atoms with Crippen molar-refractivity contribution < 1.29 is 29.0 Å². The number of carboxylic acid groups (broad SMARTS) is 1. The normalized spacial score (nSPS) is 12.1. The summed E-state index contributed by atoms with van der Waals surface area (Å²) in [5.41, 5.74) is 0.782. The molecule has 0 aliphatic heterocycles. The maximum absolute atomic E-state index is 13.1. The van der Waals surface area contributed by atoms with Crippen molar-refractivity contribution in [2.24, 2.45) is 5.41 Å². The summed E-state index contributed by atoms with van der Waals surface area (Å²) < 4.78 is 10.8. The zero-order valence-electron chi connectivity index (χ0n) is 19.0. The standard InChI is InChI=1S/C26H27NO6/c1-26(2,3)22(24(29)30)27-23(28)20-14-13-17-7-5-6-8-19(17)21(20)33-15-16-9-11-18(12-10-16)25(31)32-4/h5-14,22H,15H2,1-4H3,(H,27,28)(H,29,30)/t22-/m1/s1. The molecule has 0 saturated heterocycles. The van der Waals surface area contributed by atoms with Crippen LogP contribution < -0.4 is 10.1 Å². The van der Waals surface area contributed by atoms with Gasteiger partial charge in [0.2, 0.25) is 0 Å². The van der Waals surface area contributed by atoms with E-state index in [9.17, 15) is 19.5 Å². The van der Waals surface area contributed by atoms with Crippen LogP contribution in [0.2, 0.25) is 0 Å². The van der Waals surface area contributed by atoms with E-state index in [1.165, 1.54) is 7.11 Å². The van der Waals surface area contributed by atoms with Crippen LogP contribution in [-0.4, -0.2) is 36.1 Å². The quantitative estimate of drug-likeness (QED) is 0.517. The number of hydrogen-bond donors (Lipinski definition) is 2. The maximum atomic E-state index is 13.1. The minimum Gasteiger partial charge on any atom is -0.487 e. The molecule has 3 aromatic carbocycles. The smallest absolute Gasteiger partial charge is 0.337 e. The maximum Gasteiger partial charge on any atom is 0.337 e. The highest BCUT2D eigenvalue weighted by molar-refractivity contribution is 6.05. The minimum atomic E-state index is -1.11. The van der Waals surface area contributed by atoms with Gasteiger partial charge >= 0.3 is 11.9 Å². The first-order valence-electron chi connectivity index (χ1n) is 10.5. The van der Waals surface area contributed by atoms with Gasteiger partial charge in [0.15, 0.2) is 0 Å². The van der Waals surface area contributed by atoms with Crippen molar-refractivity contribution in [3.63, 3.8) is 0 Å². The van der Waals surface area contributed by atoms with Gasteiger partial charge < -0.3 is 19.9 Å². The second-order valence-electron chi connectivity index (χ2n) is 8.75. The predicted molar refractivity (Wildman–Crippen MR) is 124 cm³/mol. The lowest BCUT2D eigenvalue weighted by atomic mass is 9.86. The number of carboxylic acids is 1. The summed E-state index contributed by atoms with van der Waals surface area (Å²) >= 11 is 0. The van der Waals surface area contributed by atoms with E-state index in [2.05, 4.69) is 5.32 Å². The fourth-order valence-electron chi connectivity index (χ4n) is 3.45. The summed E-state index contributed by atoms with van der Waals surface area (Å²) in [4.78, 5) is 36.5. The molecule has 0 aliphatic rings. The molecule has 7 heteroatoms. The number of nitrogens with one attached hydrogen (secondary N) is 1. The first kappa shape index (κ1) is 23.8. The number of amides is 1. The number of rotatable bonds is 7. The molecule has 0 aromatic heterocycles. The Morgan fingerprint density at radius 3 is 2.24 bits per heavy atom. The summed E-state index contributed by atoms with van der Waals surface area (Å²) in [6, 6.07) is 16.6. The van der Waals surface area contributed by atoms with Gasteiger partial charge in [0.1, 0.15) is 18.4 Å². The number of fused-ring (bicyclic) bond motifs is 1. The molecule has 3 rings (SSSR count). The summed E-state index contributed by atoms with van der Waals surface area (Å²) in [5, 5.41) is 13.9. The third-order valence-corrected chi connectivity index (χ3v) is 5.27. The Balaban J connectivity index is 1.93. The van der Waals surface area contributed by atoms with Crippen molar-refractivity contribution in [1.29, 1.82) is 0 Å². The van der Waals surface area contributed by atoms with E-state index in [1.54, 1.807) is 57.2 Å². The highest BCUT2D eigenvalue weighted by Crippen LogP contribution is 2.31. The van der Waals surface area contributed by atoms with Gasteiger partial charge in [-0.2, -0.15) is 0 Å². The molecule has 33 heavy (non-hydrogen) atoms. The van der Waals surface area contributed by atoms with Crippen LogP contribution in [0.3, 0.4) is 0 Å². The van der Waals surface area contributed by atoms with Gasteiger partial charge in [0, 0.05) is 5.39 Å². The number of benzene rings is 3. The summed E-state index contributed by atoms with van der Waals surface area (Å²) in [5.74, 6) is -1.70. The van der Waals surface area contributed by atoms with E-state index >= 15 is 0 Å². The van der Waals surface area contributed by atoms with Crippen molar-refractivity contribution in [2.75, 3.05) is 7.11 Å². The van der Waals surface area contributed by atoms with Crippen LogP contribution in [0.1, 0.15) is 47.1 Å². The van der Waals surface area contributed by atoms with Crippen molar-refractivity contribution in [3.8, 4) is 5.75 Å². The highest BCUT2D eigenvalue weighted by Gasteiger charge is 2.33. The van der Waals surface area contributed by atoms with Gasteiger partial charge in [0.25, 0.3) is 5.91 Å². The highest BCUT2D eigenvalue weighted by atomic mass is 16.5. The SMILES string of the molecule is COC(=O)c1ccc(COc2c(C(=O)N[C@H](C(=O)O)C(C)(C)C)ccc3ccccc23)cc1. The average molecular weight is 450 g/mol. The summed E-state index contributed by atoms with van der Waals surface area (Å²) in [7, 11) is 1.32. The van der Waals surface area contributed by atoms with E-state index in [4.69, 9.17) is 9.47 Å². The number of esters is 1. The lowest BCUT2D eigenvalue weighted by molar-refractivity contribution is -0.142. The van der Waals surface area contributed by atoms with Crippen LogP contribution in [-0.2, 0) is 16.1 Å². The number of carbonyl (C=O) groups is 3. The third kappa shape index (κ3) is 5.49. The number of methoxy groups -OCH3 is 1. The fraction of sp³-hybridized carbons (Fsp3) is 0.269. The number of aliphatic carboxylic acids is 1.